The molecule has 4 aliphatic carbocycles. The van der Waals surface area contributed by atoms with Crippen LogP contribution in [0.4, 0.5) is 0 Å². The molecule has 0 bridgehead atoms. The van der Waals surface area contributed by atoms with Crippen LogP contribution in [0.1, 0.15) is 58.3 Å². The summed E-state index contributed by atoms with van der Waals surface area (Å²) in [5, 5.41) is 10.4. The number of fused-ring (bicyclic) bond motifs is 4. The van der Waals surface area contributed by atoms with Crippen LogP contribution in [0, 0.1) is 29.1 Å². The van der Waals surface area contributed by atoms with E-state index in [1.54, 1.807) is 0 Å². The van der Waals surface area contributed by atoms with Crippen molar-refractivity contribution in [3.8, 4) is 0 Å². The molecule has 0 aromatic carbocycles. The molecule has 0 heterocycles. The Balaban J connectivity index is 1.61. The Kier molecular flexibility index (Phi) is 2.89. The number of ketones is 1. The van der Waals surface area contributed by atoms with E-state index < -0.39 is 0 Å². The maximum Gasteiger partial charge on any atom is 0.155 e. The first-order chi connectivity index (χ1) is 9.58. The van der Waals surface area contributed by atoms with Gasteiger partial charge in [0.1, 0.15) is 0 Å². The van der Waals surface area contributed by atoms with Gasteiger partial charge in [-0.15, -0.1) is 0 Å². The fourth-order valence-electron chi connectivity index (χ4n) is 5.97. The summed E-state index contributed by atoms with van der Waals surface area (Å²) in [6.45, 7) is 2.33. The molecule has 4 aliphatic rings. The van der Waals surface area contributed by atoms with Gasteiger partial charge in [0.05, 0.1) is 6.10 Å². The SMILES string of the molecule is C[C@@]12CC[C@H]3CC4=CC(=O)CC[C@@H]4C[C@@H]3[C@H]1CC[C@H]2O. The average Bonchev–Trinajstić information content (AvgIpc) is 2.73. The zero-order valence-corrected chi connectivity index (χ0v) is 12.5. The third-order valence-electron chi connectivity index (χ3n) is 7.20. The predicted octanol–water partition coefficient (Wildman–Crippen LogP) is 3.49. The fraction of sp³-hybridized carbons (Fsp3) is 0.833. The predicted molar refractivity (Wildman–Crippen MR) is 78.1 cm³/mol. The second-order valence-corrected chi connectivity index (χ2v) is 8.03. The number of aliphatic hydroxyl groups excluding tert-OH is 1. The molecule has 6 atom stereocenters. The first-order valence-corrected chi connectivity index (χ1v) is 8.49. The van der Waals surface area contributed by atoms with Crippen molar-refractivity contribution in [2.75, 3.05) is 0 Å². The molecular formula is C18H26O2. The second kappa shape index (κ2) is 4.43. The quantitative estimate of drug-likeness (QED) is 0.734. The Hall–Kier alpha value is -0.630. The summed E-state index contributed by atoms with van der Waals surface area (Å²) in [7, 11) is 0. The molecule has 0 aliphatic heterocycles. The van der Waals surface area contributed by atoms with E-state index in [0.717, 1.165) is 37.0 Å². The minimum atomic E-state index is -0.0710. The molecule has 0 amide bonds. The van der Waals surface area contributed by atoms with Gasteiger partial charge in [0, 0.05) is 6.42 Å². The normalized spacial score (nSPS) is 51.0. The van der Waals surface area contributed by atoms with E-state index in [2.05, 4.69) is 6.92 Å². The molecule has 0 spiro atoms. The van der Waals surface area contributed by atoms with Crippen LogP contribution in [0.3, 0.4) is 0 Å². The van der Waals surface area contributed by atoms with Crippen LogP contribution in [-0.2, 0) is 4.79 Å². The standard InChI is InChI=1S/C18H26O2/c1-18-7-6-12-8-13-9-14(19)3-2-11(13)10-15(12)16(18)4-5-17(18)20/h9,11-12,15-17,20H,2-8,10H2,1H3/t11-,12+,15+,16-,17-,18-/m1/s1. The molecule has 0 aromatic rings. The summed E-state index contributed by atoms with van der Waals surface area (Å²) in [5.74, 6) is 3.35. The van der Waals surface area contributed by atoms with Crippen LogP contribution in [0.15, 0.2) is 11.6 Å². The summed E-state index contributed by atoms with van der Waals surface area (Å²) in [6, 6.07) is 0. The summed E-state index contributed by atoms with van der Waals surface area (Å²) >= 11 is 0. The Bertz CT molecular complexity index is 466. The number of rotatable bonds is 0. The Morgan fingerprint density at radius 3 is 2.95 bits per heavy atom. The minimum Gasteiger partial charge on any atom is -0.393 e. The van der Waals surface area contributed by atoms with Gasteiger partial charge in [-0.2, -0.15) is 0 Å². The molecule has 0 unspecified atom stereocenters. The number of carbonyl (C=O) groups is 1. The number of allylic oxidation sites excluding steroid dienone is 2. The topological polar surface area (TPSA) is 37.3 Å². The highest BCUT2D eigenvalue weighted by molar-refractivity contribution is 5.91. The molecule has 0 radical (unpaired) electrons. The maximum atomic E-state index is 11.6. The third kappa shape index (κ3) is 1.76. The summed E-state index contributed by atoms with van der Waals surface area (Å²) in [6.07, 6.45) is 10.9. The van der Waals surface area contributed by atoms with Crippen LogP contribution in [0.5, 0.6) is 0 Å². The van der Waals surface area contributed by atoms with Crippen molar-refractivity contribution in [1.29, 1.82) is 0 Å². The Labute approximate surface area is 121 Å². The highest BCUT2D eigenvalue weighted by Gasteiger charge is 2.55. The van der Waals surface area contributed by atoms with Gasteiger partial charge in [-0.05, 0) is 80.1 Å². The summed E-state index contributed by atoms with van der Waals surface area (Å²) < 4.78 is 0. The first kappa shape index (κ1) is 13.1. The minimum absolute atomic E-state index is 0.0710. The van der Waals surface area contributed by atoms with Crippen LogP contribution in [-0.4, -0.2) is 17.0 Å². The highest BCUT2D eigenvalue weighted by Crippen LogP contribution is 2.60. The van der Waals surface area contributed by atoms with Crippen LogP contribution in [0.25, 0.3) is 0 Å². The smallest absolute Gasteiger partial charge is 0.155 e. The number of aliphatic hydroxyl groups is 1. The Morgan fingerprint density at radius 1 is 1.25 bits per heavy atom. The van der Waals surface area contributed by atoms with Crippen molar-refractivity contribution in [3.63, 3.8) is 0 Å². The summed E-state index contributed by atoms with van der Waals surface area (Å²) in [4.78, 5) is 11.6. The molecule has 2 nitrogen and oxygen atoms in total. The molecule has 4 rings (SSSR count). The number of carbonyl (C=O) groups excluding carboxylic acids is 1. The van der Waals surface area contributed by atoms with Crippen molar-refractivity contribution in [2.45, 2.75) is 64.4 Å². The largest absolute Gasteiger partial charge is 0.393 e. The van der Waals surface area contributed by atoms with Gasteiger partial charge in [0.15, 0.2) is 5.78 Å². The van der Waals surface area contributed by atoms with Gasteiger partial charge >= 0.3 is 0 Å². The molecule has 3 saturated carbocycles. The highest BCUT2D eigenvalue weighted by atomic mass is 16.3. The van der Waals surface area contributed by atoms with E-state index in [1.165, 1.54) is 37.7 Å². The van der Waals surface area contributed by atoms with E-state index in [-0.39, 0.29) is 11.5 Å². The van der Waals surface area contributed by atoms with E-state index >= 15 is 0 Å². The monoisotopic (exact) mass is 274 g/mol. The zero-order chi connectivity index (χ0) is 13.9. The van der Waals surface area contributed by atoms with Crippen LogP contribution >= 0.6 is 0 Å². The van der Waals surface area contributed by atoms with Crippen molar-refractivity contribution in [2.24, 2.45) is 29.1 Å². The lowest BCUT2D eigenvalue weighted by atomic mass is 9.53. The number of hydrogen-bond acceptors (Lipinski definition) is 2. The maximum absolute atomic E-state index is 11.6. The van der Waals surface area contributed by atoms with Gasteiger partial charge in [0.2, 0.25) is 0 Å². The third-order valence-corrected chi connectivity index (χ3v) is 7.20. The van der Waals surface area contributed by atoms with Crippen LogP contribution < -0.4 is 0 Å². The molecule has 0 saturated heterocycles. The van der Waals surface area contributed by atoms with E-state index in [0.29, 0.717) is 11.7 Å². The van der Waals surface area contributed by atoms with Gasteiger partial charge in [0.25, 0.3) is 0 Å². The molecule has 110 valence electrons. The first-order valence-electron chi connectivity index (χ1n) is 8.49. The van der Waals surface area contributed by atoms with Crippen molar-refractivity contribution in [1.82, 2.24) is 0 Å². The van der Waals surface area contributed by atoms with Crippen molar-refractivity contribution >= 4 is 5.78 Å². The second-order valence-electron chi connectivity index (χ2n) is 8.03. The fourth-order valence-corrected chi connectivity index (χ4v) is 5.97. The molecule has 1 N–H and O–H groups in total. The molecular weight excluding hydrogens is 248 g/mol. The summed E-state index contributed by atoms with van der Waals surface area (Å²) in [5.41, 5.74) is 1.65. The lowest BCUT2D eigenvalue weighted by Gasteiger charge is -2.52. The van der Waals surface area contributed by atoms with E-state index in [4.69, 9.17) is 0 Å². The Morgan fingerprint density at radius 2 is 2.10 bits per heavy atom. The van der Waals surface area contributed by atoms with E-state index in [9.17, 15) is 9.90 Å². The average molecular weight is 274 g/mol. The molecule has 2 heteroatoms. The lowest BCUT2D eigenvalue weighted by molar-refractivity contribution is -0.115. The molecule has 3 fully saturated rings. The molecule has 20 heavy (non-hydrogen) atoms. The van der Waals surface area contributed by atoms with Gasteiger partial charge < -0.3 is 5.11 Å². The molecule has 0 aromatic heterocycles. The van der Waals surface area contributed by atoms with Crippen molar-refractivity contribution < 1.29 is 9.90 Å². The zero-order valence-electron chi connectivity index (χ0n) is 12.5. The van der Waals surface area contributed by atoms with Gasteiger partial charge in [-0.1, -0.05) is 12.5 Å². The van der Waals surface area contributed by atoms with Gasteiger partial charge in [-0.3, -0.25) is 4.79 Å². The number of hydrogen-bond donors (Lipinski definition) is 1. The van der Waals surface area contributed by atoms with Gasteiger partial charge in [-0.25, -0.2) is 0 Å². The van der Waals surface area contributed by atoms with Crippen molar-refractivity contribution in [3.05, 3.63) is 11.6 Å². The van der Waals surface area contributed by atoms with Crippen LogP contribution in [0.2, 0.25) is 0 Å². The lowest BCUT2D eigenvalue weighted by Crippen LogP contribution is -2.46. The van der Waals surface area contributed by atoms with E-state index in [1.807, 2.05) is 6.08 Å².